The van der Waals surface area contributed by atoms with Crippen LogP contribution in [-0.2, 0) is 9.59 Å². The quantitative estimate of drug-likeness (QED) is 0.837. The highest BCUT2D eigenvalue weighted by Crippen LogP contribution is 2.44. The number of hydrogen-bond donors (Lipinski definition) is 1. The zero-order valence-corrected chi connectivity index (χ0v) is 13.6. The predicted molar refractivity (Wildman–Crippen MR) is 84.9 cm³/mol. The number of amides is 2. The zero-order chi connectivity index (χ0) is 15.6. The molecule has 1 aliphatic rings. The summed E-state index contributed by atoms with van der Waals surface area (Å²) in [6.45, 7) is 4.06. The summed E-state index contributed by atoms with van der Waals surface area (Å²) in [6, 6.07) is 2.59. The third-order valence-corrected chi connectivity index (χ3v) is 4.15. The number of carbonyl (C=O) groups is 2. The van der Waals surface area contributed by atoms with E-state index in [0.717, 1.165) is 19.3 Å². The van der Waals surface area contributed by atoms with Gasteiger partial charge in [-0.15, -0.1) is 0 Å². The fraction of sp³-hybridized carbons (Fsp3) is 0.467. The fourth-order valence-electron chi connectivity index (χ4n) is 2.57. The molecule has 21 heavy (non-hydrogen) atoms. The molecule has 0 unspecified atom stereocenters. The number of carbonyl (C=O) groups excluding carboxylic acids is 2. The maximum absolute atomic E-state index is 12.6. The van der Waals surface area contributed by atoms with Crippen molar-refractivity contribution in [2.24, 2.45) is 0 Å². The van der Waals surface area contributed by atoms with Gasteiger partial charge in [0.1, 0.15) is 6.04 Å². The van der Waals surface area contributed by atoms with Crippen LogP contribution in [0.2, 0.25) is 10.0 Å². The van der Waals surface area contributed by atoms with E-state index >= 15 is 0 Å². The number of halogens is 2. The normalized spacial score (nSPS) is 17.0. The predicted octanol–water partition coefficient (Wildman–Crippen LogP) is 3.71. The van der Waals surface area contributed by atoms with Gasteiger partial charge in [0, 0.05) is 24.1 Å². The highest BCUT2D eigenvalue weighted by molar-refractivity contribution is 6.38. The Morgan fingerprint density at radius 2 is 1.95 bits per heavy atom. The van der Waals surface area contributed by atoms with Gasteiger partial charge in [-0.1, -0.05) is 43.0 Å². The van der Waals surface area contributed by atoms with Crippen molar-refractivity contribution in [2.75, 3.05) is 11.4 Å². The number of nitrogens with zero attached hydrogens (tertiary/aromatic N) is 1. The minimum Gasteiger partial charge on any atom is -0.341 e. The number of fused-ring (bicyclic) bond motifs is 1. The van der Waals surface area contributed by atoms with Crippen molar-refractivity contribution < 1.29 is 9.59 Å². The van der Waals surface area contributed by atoms with Crippen LogP contribution in [0.5, 0.6) is 0 Å². The van der Waals surface area contributed by atoms with Crippen molar-refractivity contribution in [2.45, 2.75) is 39.2 Å². The SMILES string of the molecule is CCCCCN1C(=O)[C@H](NC(C)=O)c2c(Cl)ccc(Cl)c21. The number of rotatable bonds is 5. The Morgan fingerprint density at radius 1 is 1.29 bits per heavy atom. The first-order valence-electron chi connectivity index (χ1n) is 7.03. The molecular formula is C15H18Cl2N2O2. The van der Waals surface area contributed by atoms with E-state index < -0.39 is 6.04 Å². The minimum absolute atomic E-state index is 0.175. The van der Waals surface area contributed by atoms with Crippen molar-refractivity contribution in [3.63, 3.8) is 0 Å². The van der Waals surface area contributed by atoms with Gasteiger partial charge in [0.2, 0.25) is 5.91 Å². The summed E-state index contributed by atoms with van der Waals surface area (Å²) in [7, 11) is 0. The van der Waals surface area contributed by atoms with Gasteiger partial charge in [0.15, 0.2) is 0 Å². The van der Waals surface area contributed by atoms with Gasteiger partial charge < -0.3 is 10.2 Å². The lowest BCUT2D eigenvalue weighted by atomic mass is 10.1. The Hall–Kier alpha value is -1.26. The lowest BCUT2D eigenvalue weighted by Crippen LogP contribution is -2.37. The molecule has 0 fully saturated rings. The van der Waals surface area contributed by atoms with Gasteiger partial charge in [0.05, 0.1) is 10.7 Å². The Kier molecular flexibility index (Phi) is 5.12. The molecule has 0 bridgehead atoms. The Labute approximate surface area is 134 Å². The molecule has 1 heterocycles. The standard InChI is InChI=1S/C15H18Cl2N2O2/c1-3-4-5-8-19-14-11(17)7-6-10(16)12(14)13(15(19)21)18-9(2)20/h6-7,13H,3-5,8H2,1-2H3,(H,18,20)/t13-/m1/s1. The number of benzene rings is 1. The summed E-state index contributed by atoms with van der Waals surface area (Å²) >= 11 is 12.5. The topological polar surface area (TPSA) is 49.4 Å². The number of anilines is 1. The molecule has 1 aromatic rings. The van der Waals surface area contributed by atoms with E-state index in [9.17, 15) is 9.59 Å². The van der Waals surface area contributed by atoms with Gasteiger partial charge in [-0.2, -0.15) is 0 Å². The number of hydrogen-bond acceptors (Lipinski definition) is 2. The van der Waals surface area contributed by atoms with Crippen molar-refractivity contribution in [1.82, 2.24) is 5.32 Å². The second-order valence-corrected chi connectivity index (χ2v) is 5.94. The third kappa shape index (κ3) is 3.16. The van der Waals surface area contributed by atoms with Crippen LogP contribution >= 0.6 is 23.2 Å². The summed E-state index contributed by atoms with van der Waals surface area (Å²) in [4.78, 5) is 25.6. The molecule has 0 saturated carbocycles. The molecule has 1 atom stereocenters. The molecule has 1 aromatic carbocycles. The van der Waals surface area contributed by atoms with Gasteiger partial charge in [-0.25, -0.2) is 0 Å². The van der Waals surface area contributed by atoms with E-state index in [1.807, 2.05) is 0 Å². The maximum atomic E-state index is 12.6. The lowest BCUT2D eigenvalue weighted by Gasteiger charge is -2.18. The van der Waals surface area contributed by atoms with Crippen molar-refractivity contribution in [3.05, 3.63) is 27.7 Å². The average molecular weight is 329 g/mol. The molecule has 0 saturated heterocycles. The first-order valence-corrected chi connectivity index (χ1v) is 7.79. The van der Waals surface area contributed by atoms with Crippen molar-refractivity contribution in [1.29, 1.82) is 0 Å². The molecule has 2 rings (SSSR count). The highest BCUT2D eigenvalue weighted by atomic mass is 35.5. The van der Waals surface area contributed by atoms with Crippen LogP contribution in [0, 0.1) is 0 Å². The Morgan fingerprint density at radius 3 is 2.57 bits per heavy atom. The first kappa shape index (κ1) is 16.1. The fourth-order valence-corrected chi connectivity index (χ4v) is 3.10. The monoisotopic (exact) mass is 328 g/mol. The number of nitrogens with one attached hydrogen (secondary N) is 1. The summed E-state index contributed by atoms with van der Waals surface area (Å²) in [5, 5.41) is 3.59. The van der Waals surface area contributed by atoms with E-state index in [1.54, 1.807) is 17.0 Å². The van der Waals surface area contributed by atoms with E-state index in [1.165, 1.54) is 6.92 Å². The average Bonchev–Trinajstić information content (AvgIpc) is 2.69. The summed E-state index contributed by atoms with van der Waals surface area (Å²) in [5.41, 5.74) is 1.23. The molecule has 0 aliphatic carbocycles. The highest BCUT2D eigenvalue weighted by Gasteiger charge is 2.40. The second kappa shape index (κ2) is 6.67. The van der Waals surface area contributed by atoms with E-state index in [2.05, 4.69) is 12.2 Å². The van der Waals surface area contributed by atoms with Crippen molar-refractivity contribution in [3.8, 4) is 0 Å². The molecule has 0 spiro atoms. The minimum atomic E-state index is -0.745. The van der Waals surface area contributed by atoms with E-state index in [4.69, 9.17) is 23.2 Å². The zero-order valence-electron chi connectivity index (χ0n) is 12.1. The summed E-state index contributed by atoms with van der Waals surface area (Å²) in [5.74, 6) is -0.447. The maximum Gasteiger partial charge on any atom is 0.254 e. The Balaban J connectivity index is 2.41. The molecule has 2 amide bonds. The van der Waals surface area contributed by atoms with Crippen LogP contribution in [0.4, 0.5) is 5.69 Å². The van der Waals surface area contributed by atoms with Crippen LogP contribution in [-0.4, -0.2) is 18.4 Å². The number of unbranched alkanes of at least 4 members (excludes halogenated alkanes) is 2. The Bertz CT molecular complexity index is 575. The van der Waals surface area contributed by atoms with E-state index in [-0.39, 0.29) is 11.8 Å². The molecule has 0 aromatic heterocycles. The van der Waals surface area contributed by atoms with Crippen LogP contribution in [0.3, 0.4) is 0 Å². The van der Waals surface area contributed by atoms with Crippen LogP contribution < -0.4 is 10.2 Å². The largest absolute Gasteiger partial charge is 0.341 e. The molecule has 1 N–H and O–H groups in total. The van der Waals surface area contributed by atoms with Crippen LogP contribution in [0.25, 0.3) is 0 Å². The molecule has 0 radical (unpaired) electrons. The summed E-state index contributed by atoms with van der Waals surface area (Å²) in [6.07, 6.45) is 2.98. The molecule has 6 heteroatoms. The smallest absolute Gasteiger partial charge is 0.254 e. The van der Waals surface area contributed by atoms with Gasteiger partial charge in [-0.05, 0) is 18.6 Å². The molecule has 114 valence electrons. The molecule has 4 nitrogen and oxygen atoms in total. The van der Waals surface area contributed by atoms with Crippen molar-refractivity contribution >= 4 is 40.7 Å². The summed E-state index contributed by atoms with van der Waals surface area (Å²) < 4.78 is 0. The third-order valence-electron chi connectivity index (χ3n) is 3.52. The lowest BCUT2D eigenvalue weighted by molar-refractivity contribution is -0.126. The van der Waals surface area contributed by atoms with E-state index in [0.29, 0.717) is 27.8 Å². The van der Waals surface area contributed by atoms with Gasteiger partial charge in [0.25, 0.3) is 5.91 Å². The second-order valence-electron chi connectivity index (χ2n) is 5.12. The first-order chi connectivity index (χ1) is 9.97. The van der Waals surface area contributed by atoms with Crippen LogP contribution in [0.1, 0.15) is 44.7 Å². The molecule has 1 aliphatic heterocycles. The van der Waals surface area contributed by atoms with Gasteiger partial charge in [-0.3, -0.25) is 9.59 Å². The molecular weight excluding hydrogens is 311 g/mol. The van der Waals surface area contributed by atoms with Crippen LogP contribution in [0.15, 0.2) is 12.1 Å². The van der Waals surface area contributed by atoms with Gasteiger partial charge >= 0.3 is 0 Å².